The first-order chi connectivity index (χ1) is 6.52. The molecule has 80 valence electrons. The van der Waals surface area contributed by atoms with Crippen LogP contribution in [0.25, 0.3) is 0 Å². The largest absolute Gasteiger partial charge is 0.369 e. The highest BCUT2D eigenvalue weighted by Crippen LogP contribution is 2.18. The molecule has 4 nitrogen and oxygen atoms in total. The minimum atomic E-state index is -0.246. The van der Waals surface area contributed by atoms with Crippen molar-refractivity contribution in [2.75, 3.05) is 13.1 Å². The number of primary amides is 1. The van der Waals surface area contributed by atoms with Crippen LogP contribution >= 0.6 is 15.9 Å². The zero-order chi connectivity index (χ0) is 10.7. The first-order valence-electron chi connectivity index (χ1n) is 4.74. The van der Waals surface area contributed by atoms with Gasteiger partial charge in [-0.05, 0) is 19.8 Å². The topological polar surface area (TPSA) is 63.4 Å². The molecule has 0 aliphatic carbocycles. The third-order valence-electron chi connectivity index (χ3n) is 2.55. The van der Waals surface area contributed by atoms with Crippen LogP contribution in [0.15, 0.2) is 0 Å². The van der Waals surface area contributed by atoms with Crippen LogP contribution in [-0.2, 0) is 9.59 Å². The average Bonchev–Trinajstić information content (AvgIpc) is 2.16. The SMILES string of the molecule is CC(Br)C(=O)N1CCC(C(N)=O)CC1. The minimum Gasteiger partial charge on any atom is -0.369 e. The Morgan fingerprint density at radius 2 is 1.93 bits per heavy atom. The average molecular weight is 263 g/mol. The second-order valence-corrected chi connectivity index (χ2v) is 4.99. The van der Waals surface area contributed by atoms with E-state index in [0.717, 1.165) is 0 Å². The molecular weight excluding hydrogens is 248 g/mol. The van der Waals surface area contributed by atoms with Crippen molar-refractivity contribution < 1.29 is 9.59 Å². The summed E-state index contributed by atoms with van der Waals surface area (Å²) >= 11 is 3.24. The summed E-state index contributed by atoms with van der Waals surface area (Å²) in [6, 6.07) is 0. The first-order valence-corrected chi connectivity index (χ1v) is 5.66. The van der Waals surface area contributed by atoms with Gasteiger partial charge in [-0.3, -0.25) is 9.59 Å². The molecule has 0 bridgehead atoms. The lowest BCUT2D eigenvalue weighted by Crippen LogP contribution is -2.43. The minimum absolute atomic E-state index is 0.0512. The van der Waals surface area contributed by atoms with E-state index in [1.807, 2.05) is 6.92 Å². The second kappa shape index (κ2) is 4.77. The highest BCUT2D eigenvalue weighted by atomic mass is 79.9. The lowest BCUT2D eigenvalue weighted by Gasteiger charge is -2.31. The summed E-state index contributed by atoms with van der Waals surface area (Å²) in [5.41, 5.74) is 5.20. The van der Waals surface area contributed by atoms with Gasteiger partial charge in [0.05, 0.1) is 4.83 Å². The van der Waals surface area contributed by atoms with Crippen LogP contribution in [0.4, 0.5) is 0 Å². The maximum absolute atomic E-state index is 11.5. The molecule has 1 heterocycles. The van der Waals surface area contributed by atoms with Gasteiger partial charge in [0.25, 0.3) is 0 Å². The Labute approximate surface area is 91.9 Å². The molecule has 1 rings (SSSR count). The van der Waals surface area contributed by atoms with E-state index in [4.69, 9.17) is 5.73 Å². The Hall–Kier alpha value is -0.580. The van der Waals surface area contributed by atoms with Crippen molar-refractivity contribution in [3.05, 3.63) is 0 Å². The summed E-state index contributed by atoms with van der Waals surface area (Å²) in [5.74, 6) is -0.207. The normalized spacial score (nSPS) is 20.6. The zero-order valence-electron chi connectivity index (χ0n) is 8.20. The number of carbonyl (C=O) groups is 2. The first kappa shape index (κ1) is 11.5. The molecule has 0 spiro atoms. The predicted molar refractivity (Wildman–Crippen MR) is 56.9 cm³/mol. The Bertz CT molecular complexity index is 235. The number of halogens is 1. The lowest BCUT2D eigenvalue weighted by molar-refractivity contribution is -0.134. The fraction of sp³-hybridized carbons (Fsp3) is 0.778. The quantitative estimate of drug-likeness (QED) is 0.737. The Balaban J connectivity index is 2.43. The molecule has 0 aromatic carbocycles. The predicted octanol–water partition coefficient (Wildman–Crippen LogP) is 0.494. The number of likely N-dealkylation sites (tertiary alicyclic amines) is 1. The van der Waals surface area contributed by atoms with Crippen molar-refractivity contribution in [2.45, 2.75) is 24.6 Å². The summed E-state index contributed by atoms with van der Waals surface area (Å²) < 4.78 is 0. The van der Waals surface area contributed by atoms with Gasteiger partial charge < -0.3 is 10.6 Å². The molecule has 1 aliphatic heterocycles. The zero-order valence-corrected chi connectivity index (χ0v) is 9.79. The van der Waals surface area contributed by atoms with Gasteiger partial charge in [0.1, 0.15) is 0 Å². The molecule has 0 aromatic rings. The van der Waals surface area contributed by atoms with E-state index in [0.29, 0.717) is 25.9 Å². The number of nitrogens with two attached hydrogens (primary N) is 1. The van der Waals surface area contributed by atoms with E-state index >= 15 is 0 Å². The molecule has 1 atom stereocenters. The smallest absolute Gasteiger partial charge is 0.236 e. The van der Waals surface area contributed by atoms with E-state index in [9.17, 15) is 9.59 Å². The molecule has 1 unspecified atom stereocenters. The van der Waals surface area contributed by atoms with Crippen LogP contribution < -0.4 is 5.73 Å². The van der Waals surface area contributed by atoms with Gasteiger partial charge in [-0.15, -0.1) is 0 Å². The maximum atomic E-state index is 11.5. The highest BCUT2D eigenvalue weighted by molar-refractivity contribution is 9.10. The number of amides is 2. The van der Waals surface area contributed by atoms with Crippen molar-refractivity contribution in [3.63, 3.8) is 0 Å². The number of nitrogens with zero attached hydrogens (tertiary/aromatic N) is 1. The molecule has 1 saturated heterocycles. The van der Waals surface area contributed by atoms with E-state index in [-0.39, 0.29) is 22.6 Å². The van der Waals surface area contributed by atoms with E-state index in [1.54, 1.807) is 4.90 Å². The standard InChI is InChI=1S/C9H15BrN2O2/c1-6(10)9(14)12-4-2-7(3-5-12)8(11)13/h6-7H,2-5H2,1H3,(H2,11,13). The van der Waals surface area contributed by atoms with E-state index in [1.165, 1.54) is 0 Å². The summed E-state index contributed by atoms with van der Waals surface area (Å²) in [6.45, 7) is 3.09. The van der Waals surface area contributed by atoms with Crippen LogP contribution in [0.2, 0.25) is 0 Å². The van der Waals surface area contributed by atoms with Crippen molar-refractivity contribution >= 4 is 27.7 Å². The highest BCUT2D eigenvalue weighted by Gasteiger charge is 2.27. The van der Waals surface area contributed by atoms with E-state index < -0.39 is 0 Å². The van der Waals surface area contributed by atoms with Crippen molar-refractivity contribution in [2.24, 2.45) is 11.7 Å². The molecule has 1 fully saturated rings. The number of piperidine rings is 1. The fourth-order valence-electron chi connectivity index (χ4n) is 1.64. The molecule has 5 heteroatoms. The fourth-order valence-corrected chi connectivity index (χ4v) is 1.93. The van der Waals surface area contributed by atoms with Crippen LogP contribution in [0.1, 0.15) is 19.8 Å². The third-order valence-corrected chi connectivity index (χ3v) is 2.94. The molecule has 0 radical (unpaired) electrons. The van der Waals surface area contributed by atoms with Crippen molar-refractivity contribution in [1.82, 2.24) is 4.90 Å². The van der Waals surface area contributed by atoms with E-state index in [2.05, 4.69) is 15.9 Å². The van der Waals surface area contributed by atoms with Gasteiger partial charge in [-0.1, -0.05) is 15.9 Å². The van der Waals surface area contributed by atoms with Gasteiger partial charge in [-0.25, -0.2) is 0 Å². The van der Waals surface area contributed by atoms with Crippen molar-refractivity contribution in [3.8, 4) is 0 Å². The monoisotopic (exact) mass is 262 g/mol. The lowest BCUT2D eigenvalue weighted by atomic mass is 9.96. The number of rotatable bonds is 2. The molecular formula is C9H15BrN2O2. The maximum Gasteiger partial charge on any atom is 0.236 e. The third kappa shape index (κ3) is 2.70. The molecule has 1 aliphatic rings. The number of carbonyl (C=O) groups excluding carboxylic acids is 2. The van der Waals surface area contributed by atoms with Crippen LogP contribution in [0.5, 0.6) is 0 Å². The van der Waals surface area contributed by atoms with Gasteiger partial charge in [0.15, 0.2) is 0 Å². The number of hydrogen-bond donors (Lipinski definition) is 1. The Morgan fingerprint density at radius 3 is 2.29 bits per heavy atom. The molecule has 2 N–H and O–H groups in total. The van der Waals surface area contributed by atoms with Crippen LogP contribution in [-0.4, -0.2) is 34.6 Å². The molecule has 14 heavy (non-hydrogen) atoms. The van der Waals surface area contributed by atoms with Gasteiger partial charge >= 0.3 is 0 Å². The Kier molecular flexibility index (Phi) is 3.92. The number of alkyl halides is 1. The summed E-state index contributed by atoms with van der Waals surface area (Å²) in [5, 5.41) is 0. The van der Waals surface area contributed by atoms with Gasteiger partial charge in [0, 0.05) is 19.0 Å². The van der Waals surface area contributed by atoms with Gasteiger partial charge in [-0.2, -0.15) is 0 Å². The van der Waals surface area contributed by atoms with Crippen LogP contribution in [0.3, 0.4) is 0 Å². The summed E-state index contributed by atoms with van der Waals surface area (Å²) in [4.78, 5) is 24.0. The number of hydrogen-bond acceptors (Lipinski definition) is 2. The molecule has 0 saturated carbocycles. The molecule has 2 amide bonds. The summed E-state index contributed by atoms with van der Waals surface area (Å²) in [7, 11) is 0. The second-order valence-electron chi connectivity index (χ2n) is 3.62. The summed E-state index contributed by atoms with van der Waals surface area (Å²) in [6.07, 6.45) is 1.39. The Morgan fingerprint density at radius 1 is 1.43 bits per heavy atom. The molecule has 0 aromatic heterocycles. The van der Waals surface area contributed by atoms with Gasteiger partial charge in [0.2, 0.25) is 11.8 Å². The van der Waals surface area contributed by atoms with Crippen LogP contribution in [0, 0.1) is 5.92 Å². The van der Waals surface area contributed by atoms with Crippen molar-refractivity contribution in [1.29, 1.82) is 0 Å².